The van der Waals surface area contributed by atoms with Crippen molar-refractivity contribution < 1.29 is 18.0 Å². The molecule has 0 unspecified atom stereocenters. The third-order valence-corrected chi connectivity index (χ3v) is 3.87. The van der Waals surface area contributed by atoms with Crippen LogP contribution in [0.5, 0.6) is 0 Å². The molecule has 0 fully saturated rings. The Bertz CT molecular complexity index is 651. The summed E-state index contributed by atoms with van der Waals surface area (Å²) < 4.78 is 38.5. The van der Waals surface area contributed by atoms with E-state index in [4.69, 9.17) is 0 Å². The molecular formula is C15H15F3N2OS. The molecule has 22 heavy (non-hydrogen) atoms. The minimum absolute atomic E-state index is 0.140. The Morgan fingerprint density at radius 2 is 2.00 bits per heavy atom. The molecule has 0 atom stereocenters. The summed E-state index contributed by atoms with van der Waals surface area (Å²) in [7, 11) is 3.41. The number of alkyl halides is 3. The Balaban J connectivity index is 2.25. The minimum Gasteiger partial charge on any atom is -0.376 e. The summed E-state index contributed by atoms with van der Waals surface area (Å²) in [5.74, 6) is -0.343. The van der Waals surface area contributed by atoms with E-state index >= 15 is 0 Å². The first-order chi connectivity index (χ1) is 10.3. The van der Waals surface area contributed by atoms with Crippen LogP contribution < -0.4 is 10.2 Å². The van der Waals surface area contributed by atoms with Crippen molar-refractivity contribution in [2.24, 2.45) is 0 Å². The highest BCUT2D eigenvalue weighted by Gasteiger charge is 2.31. The topological polar surface area (TPSA) is 32.3 Å². The molecule has 1 aromatic heterocycles. The third kappa shape index (κ3) is 4.00. The van der Waals surface area contributed by atoms with Crippen molar-refractivity contribution in [1.29, 1.82) is 0 Å². The summed E-state index contributed by atoms with van der Waals surface area (Å²) >= 11 is 1.43. The van der Waals surface area contributed by atoms with Crippen LogP contribution in [0.2, 0.25) is 0 Å². The van der Waals surface area contributed by atoms with Crippen LogP contribution in [0, 0.1) is 0 Å². The fourth-order valence-corrected chi connectivity index (χ4v) is 2.67. The van der Waals surface area contributed by atoms with E-state index in [0.29, 0.717) is 5.69 Å². The van der Waals surface area contributed by atoms with E-state index in [2.05, 4.69) is 5.32 Å². The van der Waals surface area contributed by atoms with Gasteiger partial charge in [-0.25, -0.2) is 0 Å². The minimum atomic E-state index is -4.45. The molecule has 1 N–H and O–H groups in total. The fraction of sp³-hybridized carbons (Fsp3) is 0.267. The summed E-state index contributed by atoms with van der Waals surface area (Å²) in [5, 5.41) is 4.41. The second-order valence-electron chi connectivity index (χ2n) is 4.93. The normalized spacial score (nSPS) is 11.3. The van der Waals surface area contributed by atoms with E-state index in [9.17, 15) is 18.0 Å². The monoisotopic (exact) mass is 328 g/mol. The van der Waals surface area contributed by atoms with Crippen molar-refractivity contribution in [2.75, 3.05) is 24.3 Å². The lowest BCUT2D eigenvalue weighted by atomic mass is 10.1. The zero-order valence-electron chi connectivity index (χ0n) is 12.1. The summed E-state index contributed by atoms with van der Waals surface area (Å²) in [6.07, 6.45) is -4.31. The highest BCUT2D eigenvalue weighted by atomic mass is 32.1. The molecule has 0 aliphatic heterocycles. The molecule has 2 rings (SSSR count). The molecule has 0 saturated carbocycles. The molecule has 1 amide bonds. The smallest absolute Gasteiger partial charge is 0.376 e. The molecule has 0 saturated heterocycles. The molecule has 7 heteroatoms. The molecule has 0 aliphatic rings. The zero-order chi connectivity index (χ0) is 16.3. The SMILES string of the molecule is CN(C)c1ccc(C(F)(F)F)cc1NC(=O)Cc1cccs1. The van der Waals surface area contributed by atoms with Crippen molar-refractivity contribution in [3.8, 4) is 0 Å². The van der Waals surface area contributed by atoms with Gasteiger partial charge in [-0.1, -0.05) is 6.07 Å². The number of amides is 1. The van der Waals surface area contributed by atoms with Gasteiger partial charge in [0.2, 0.25) is 5.91 Å². The lowest BCUT2D eigenvalue weighted by molar-refractivity contribution is -0.137. The molecular weight excluding hydrogens is 313 g/mol. The average Bonchev–Trinajstić information content (AvgIpc) is 2.89. The van der Waals surface area contributed by atoms with Crippen LogP contribution in [0.1, 0.15) is 10.4 Å². The number of nitrogens with one attached hydrogen (secondary N) is 1. The van der Waals surface area contributed by atoms with Crippen LogP contribution in [-0.4, -0.2) is 20.0 Å². The van der Waals surface area contributed by atoms with E-state index in [0.717, 1.165) is 17.0 Å². The van der Waals surface area contributed by atoms with Gasteiger partial charge in [-0.2, -0.15) is 13.2 Å². The molecule has 3 nitrogen and oxygen atoms in total. The summed E-state index contributed by atoms with van der Waals surface area (Å²) in [4.78, 5) is 14.5. The van der Waals surface area contributed by atoms with Crippen molar-refractivity contribution in [1.82, 2.24) is 0 Å². The Kier molecular flexibility index (Phi) is 4.75. The number of hydrogen-bond acceptors (Lipinski definition) is 3. The number of halogens is 3. The summed E-state index contributed by atoms with van der Waals surface area (Å²) in [5.41, 5.74) is -0.113. The Morgan fingerprint density at radius 1 is 1.27 bits per heavy atom. The predicted molar refractivity (Wildman–Crippen MR) is 82.4 cm³/mol. The quantitative estimate of drug-likeness (QED) is 0.919. The Hall–Kier alpha value is -2.02. The number of carbonyl (C=O) groups is 1. The van der Waals surface area contributed by atoms with Gasteiger partial charge in [0.15, 0.2) is 0 Å². The zero-order valence-corrected chi connectivity index (χ0v) is 12.9. The van der Waals surface area contributed by atoms with Gasteiger partial charge in [0.05, 0.1) is 23.4 Å². The van der Waals surface area contributed by atoms with Crippen molar-refractivity contribution in [3.05, 3.63) is 46.2 Å². The van der Waals surface area contributed by atoms with Crippen LogP contribution in [0.4, 0.5) is 24.5 Å². The number of carbonyl (C=O) groups excluding carboxylic acids is 1. The van der Waals surface area contributed by atoms with E-state index in [1.807, 2.05) is 17.5 Å². The standard InChI is InChI=1S/C15H15F3N2OS/c1-20(2)13-6-5-10(15(16,17)18)8-12(13)19-14(21)9-11-4-3-7-22-11/h3-8H,9H2,1-2H3,(H,19,21). The van der Waals surface area contributed by atoms with Crippen LogP contribution in [0.15, 0.2) is 35.7 Å². The Labute approximate surface area is 130 Å². The molecule has 2 aromatic rings. The van der Waals surface area contributed by atoms with Crippen LogP contribution in [0.3, 0.4) is 0 Å². The second kappa shape index (κ2) is 6.39. The van der Waals surface area contributed by atoms with Gasteiger partial charge >= 0.3 is 6.18 Å². The average molecular weight is 328 g/mol. The predicted octanol–water partition coefficient (Wildman–Crippen LogP) is 4.01. The molecule has 0 radical (unpaired) electrons. The van der Waals surface area contributed by atoms with Crippen LogP contribution >= 0.6 is 11.3 Å². The maximum absolute atomic E-state index is 12.8. The fourth-order valence-electron chi connectivity index (χ4n) is 1.97. The Morgan fingerprint density at radius 3 is 2.55 bits per heavy atom. The van der Waals surface area contributed by atoms with Crippen LogP contribution in [0.25, 0.3) is 0 Å². The summed E-state index contributed by atoms with van der Waals surface area (Å²) in [6.45, 7) is 0. The molecule has 118 valence electrons. The molecule has 0 aliphatic carbocycles. The first-order valence-electron chi connectivity index (χ1n) is 6.48. The van der Waals surface area contributed by atoms with Crippen molar-refractivity contribution >= 4 is 28.6 Å². The first kappa shape index (κ1) is 16.4. The highest BCUT2D eigenvalue weighted by molar-refractivity contribution is 7.10. The maximum atomic E-state index is 12.8. The largest absolute Gasteiger partial charge is 0.416 e. The summed E-state index contributed by atoms with van der Waals surface area (Å²) in [6, 6.07) is 6.95. The van der Waals surface area contributed by atoms with E-state index in [1.165, 1.54) is 17.4 Å². The molecule has 0 spiro atoms. The van der Waals surface area contributed by atoms with E-state index in [1.54, 1.807) is 19.0 Å². The first-order valence-corrected chi connectivity index (χ1v) is 7.36. The second-order valence-corrected chi connectivity index (χ2v) is 5.96. The molecule has 1 aromatic carbocycles. The number of hydrogen-bond donors (Lipinski definition) is 1. The number of thiophene rings is 1. The lowest BCUT2D eigenvalue weighted by Crippen LogP contribution is -2.19. The van der Waals surface area contributed by atoms with Gasteiger partial charge < -0.3 is 10.2 Å². The number of anilines is 2. The molecule has 1 heterocycles. The van der Waals surface area contributed by atoms with Gasteiger partial charge in [0.25, 0.3) is 0 Å². The van der Waals surface area contributed by atoms with Gasteiger partial charge in [0, 0.05) is 19.0 Å². The van der Waals surface area contributed by atoms with Gasteiger partial charge in [-0.15, -0.1) is 11.3 Å². The van der Waals surface area contributed by atoms with Gasteiger partial charge in [-0.3, -0.25) is 4.79 Å². The van der Waals surface area contributed by atoms with Gasteiger partial charge in [0.1, 0.15) is 0 Å². The lowest BCUT2D eigenvalue weighted by Gasteiger charge is -2.19. The number of rotatable bonds is 4. The third-order valence-electron chi connectivity index (χ3n) is 2.99. The number of nitrogens with zero attached hydrogens (tertiary/aromatic N) is 1. The number of benzene rings is 1. The maximum Gasteiger partial charge on any atom is 0.416 e. The van der Waals surface area contributed by atoms with E-state index < -0.39 is 11.7 Å². The highest BCUT2D eigenvalue weighted by Crippen LogP contribution is 2.35. The van der Waals surface area contributed by atoms with E-state index in [-0.39, 0.29) is 18.0 Å². The van der Waals surface area contributed by atoms with Crippen molar-refractivity contribution in [3.63, 3.8) is 0 Å². The van der Waals surface area contributed by atoms with Crippen LogP contribution in [-0.2, 0) is 17.4 Å². The van der Waals surface area contributed by atoms with Gasteiger partial charge in [-0.05, 0) is 29.6 Å². The van der Waals surface area contributed by atoms with Crippen molar-refractivity contribution in [2.45, 2.75) is 12.6 Å². The molecule has 0 bridgehead atoms.